The number of nitrogens with zero attached hydrogens (tertiary/aromatic N) is 1. The van der Waals surface area contributed by atoms with Crippen molar-refractivity contribution in [1.82, 2.24) is 4.98 Å². The summed E-state index contributed by atoms with van der Waals surface area (Å²) in [6.07, 6.45) is 3.05. The van der Waals surface area contributed by atoms with E-state index < -0.39 is 0 Å². The summed E-state index contributed by atoms with van der Waals surface area (Å²) in [7, 11) is 0. The van der Waals surface area contributed by atoms with Crippen LogP contribution in [0.25, 0.3) is 10.2 Å². The Balaban J connectivity index is 2.28. The van der Waals surface area contributed by atoms with Crippen molar-refractivity contribution in [1.29, 1.82) is 0 Å². The number of thiazole rings is 1. The van der Waals surface area contributed by atoms with Crippen LogP contribution in [-0.4, -0.2) is 24.7 Å². The van der Waals surface area contributed by atoms with E-state index in [-0.39, 0.29) is 0 Å². The highest BCUT2D eigenvalue weighted by atomic mass is 32.1. The molecule has 5 heteroatoms. The number of nitrogens with one attached hydrogen (secondary N) is 1. The average Bonchev–Trinajstić information content (AvgIpc) is 2.89. The Labute approximate surface area is 130 Å². The molecule has 4 nitrogen and oxygen atoms in total. The summed E-state index contributed by atoms with van der Waals surface area (Å²) >= 11 is 1.66. The van der Waals surface area contributed by atoms with E-state index in [4.69, 9.17) is 9.47 Å². The molecule has 2 aromatic rings. The van der Waals surface area contributed by atoms with Gasteiger partial charge in [-0.1, -0.05) is 32.1 Å². The number of benzene rings is 1. The minimum atomic E-state index is 0.694. The molecule has 0 saturated carbocycles. The lowest BCUT2D eigenvalue weighted by Crippen LogP contribution is -2.01. The summed E-state index contributed by atoms with van der Waals surface area (Å²) in [4.78, 5) is 4.61. The third-order valence-electron chi connectivity index (χ3n) is 2.90. The van der Waals surface area contributed by atoms with Crippen molar-refractivity contribution in [3.63, 3.8) is 0 Å². The van der Waals surface area contributed by atoms with Gasteiger partial charge in [0.1, 0.15) is 0 Å². The molecule has 0 fully saturated rings. The highest BCUT2D eigenvalue weighted by Crippen LogP contribution is 2.36. The SMILES string of the molecule is CCCNc1nc2cc(OCCC)c(OCCC)cc2s1. The molecule has 0 aliphatic carbocycles. The second-order valence-corrected chi connectivity index (χ2v) is 5.94. The van der Waals surface area contributed by atoms with Crippen LogP contribution in [0, 0.1) is 0 Å². The molecule has 1 aromatic heterocycles. The topological polar surface area (TPSA) is 43.4 Å². The number of rotatable bonds is 9. The van der Waals surface area contributed by atoms with E-state index in [1.807, 2.05) is 12.1 Å². The minimum absolute atomic E-state index is 0.694. The maximum absolute atomic E-state index is 5.82. The fraction of sp³-hybridized carbons (Fsp3) is 0.562. The highest BCUT2D eigenvalue weighted by Gasteiger charge is 2.11. The number of hydrogen-bond acceptors (Lipinski definition) is 5. The van der Waals surface area contributed by atoms with E-state index in [0.717, 1.165) is 52.7 Å². The molecule has 0 amide bonds. The fourth-order valence-electron chi connectivity index (χ4n) is 1.89. The molecule has 1 N–H and O–H groups in total. The van der Waals surface area contributed by atoms with Gasteiger partial charge in [-0.2, -0.15) is 0 Å². The smallest absolute Gasteiger partial charge is 0.183 e. The summed E-state index contributed by atoms with van der Waals surface area (Å²) in [5.74, 6) is 1.62. The van der Waals surface area contributed by atoms with Gasteiger partial charge in [0.15, 0.2) is 16.6 Å². The van der Waals surface area contributed by atoms with Crippen molar-refractivity contribution in [2.24, 2.45) is 0 Å². The van der Waals surface area contributed by atoms with Gasteiger partial charge in [-0.3, -0.25) is 0 Å². The summed E-state index contributed by atoms with van der Waals surface area (Å²) in [6.45, 7) is 8.68. The number of ether oxygens (including phenoxy) is 2. The quantitative estimate of drug-likeness (QED) is 0.729. The van der Waals surface area contributed by atoms with E-state index in [9.17, 15) is 0 Å². The van der Waals surface area contributed by atoms with Crippen LogP contribution >= 0.6 is 11.3 Å². The molecule has 2 rings (SSSR count). The van der Waals surface area contributed by atoms with Crippen molar-refractivity contribution < 1.29 is 9.47 Å². The maximum atomic E-state index is 5.82. The molecule has 0 saturated heterocycles. The van der Waals surface area contributed by atoms with Gasteiger partial charge in [0.05, 0.1) is 23.4 Å². The standard InChI is InChI=1S/C16H24N2O2S/c1-4-7-17-16-18-12-10-13(19-8-5-2)14(20-9-6-3)11-15(12)21-16/h10-11H,4-9H2,1-3H3,(H,17,18). The lowest BCUT2D eigenvalue weighted by Gasteiger charge is -2.11. The third-order valence-corrected chi connectivity index (χ3v) is 3.88. The van der Waals surface area contributed by atoms with Crippen molar-refractivity contribution in [2.75, 3.05) is 25.1 Å². The zero-order chi connectivity index (χ0) is 15.1. The maximum Gasteiger partial charge on any atom is 0.183 e. The lowest BCUT2D eigenvalue weighted by atomic mass is 10.3. The Bertz CT molecular complexity index is 524. The zero-order valence-electron chi connectivity index (χ0n) is 13.1. The molecule has 0 atom stereocenters. The van der Waals surface area contributed by atoms with Crippen molar-refractivity contribution in [3.8, 4) is 11.5 Å². The van der Waals surface area contributed by atoms with Crippen LogP contribution in [0.4, 0.5) is 5.13 Å². The number of aromatic nitrogens is 1. The Morgan fingerprint density at radius 2 is 1.67 bits per heavy atom. The Kier molecular flexibility index (Phi) is 6.11. The summed E-state index contributed by atoms with van der Waals surface area (Å²) in [5.41, 5.74) is 0.966. The summed E-state index contributed by atoms with van der Waals surface area (Å²) in [6, 6.07) is 4.04. The van der Waals surface area contributed by atoms with Crippen LogP contribution in [0.15, 0.2) is 12.1 Å². The van der Waals surface area contributed by atoms with E-state index in [0.29, 0.717) is 13.2 Å². The van der Waals surface area contributed by atoms with Gasteiger partial charge in [0.25, 0.3) is 0 Å². The summed E-state index contributed by atoms with van der Waals surface area (Å²) in [5, 5.41) is 4.29. The Morgan fingerprint density at radius 3 is 2.29 bits per heavy atom. The van der Waals surface area contributed by atoms with Gasteiger partial charge < -0.3 is 14.8 Å². The van der Waals surface area contributed by atoms with Gasteiger partial charge in [0.2, 0.25) is 0 Å². The Hall–Kier alpha value is -1.49. The third kappa shape index (κ3) is 4.24. The number of anilines is 1. The van der Waals surface area contributed by atoms with Crippen LogP contribution in [0.3, 0.4) is 0 Å². The predicted octanol–water partition coefficient (Wildman–Crippen LogP) is 4.70. The minimum Gasteiger partial charge on any atom is -0.490 e. The van der Waals surface area contributed by atoms with Crippen molar-refractivity contribution >= 4 is 26.7 Å². The van der Waals surface area contributed by atoms with Gasteiger partial charge in [-0.15, -0.1) is 0 Å². The van der Waals surface area contributed by atoms with E-state index in [1.165, 1.54) is 0 Å². The summed E-state index contributed by atoms with van der Waals surface area (Å²) < 4.78 is 12.7. The molecule has 0 aliphatic heterocycles. The molecular formula is C16H24N2O2S. The molecule has 1 heterocycles. The molecule has 0 radical (unpaired) electrons. The largest absolute Gasteiger partial charge is 0.490 e. The molecule has 0 bridgehead atoms. The van der Waals surface area contributed by atoms with Crippen LogP contribution in [0.2, 0.25) is 0 Å². The van der Waals surface area contributed by atoms with Crippen LogP contribution in [-0.2, 0) is 0 Å². The molecule has 0 aliphatic rings. The monoisotopic (exact) mass is 308 g/mol. The first-order chi connectivity index (χ1) is 10.3. The van der Waals surface area contributed by atoms with Crippen LogP contribution < -0.4 is 14.8 Å². The van der Waals surface area contributed by atoms with Crippen molar-refractivity contribution in [3.05, 3.63) is 12.1 Å². The first-order valence-electron chi connectivity index (χ1n) is 7.72. The molecule has 21 heavy (non-hydrogen) atoms. The normalized spacial score (nSPS) is 10.8. The molecule has 0 spiro atoms. The molecule has 116 valence electrons. The first-order valence-corrected chi connectivity index (χ1v) is 8.54. The van der Waals surface area contributed by atoms with Gasteiger partial charge in [0, 0.05) is 18.7 Å². The fourth-order valence-corrected chi connectivity index (χ4v) is 2.79. The van der Waals surface area contributed by atoms with Crippen LogP contribution in [0.5, 0.6) is 11.5 Å². The highest BCUT2D eigenvalue weighted by molar-refractivity contribution is 7.22. The first kappa shape index (κ1) is 15.9. The van der Waals surface area contributed by atoms with Gasteiger partial charge in [-0.05, 0) is 19.3 Å². The second kappa shape index (κ2) is 8.08. The van der Waals surface area contributed by atoms with Gasteiger partial charge >= 0.3 is 0 Å². The lowest BCUT2D eigenvalue weighted by molar-refractivity contribution is 0.269. The van der Waals surface area contributed by atoms with E-state index in [2.05, 4.69) is 31.1 Å². The molecular weight excluding hydrogens is 284 g/mol. The molecule has 0 unspecified atom stereocenters. The Morgan fingerprint density at radius 1 is 1.00 bits per heavy atom. The van der Waals surface area contributed by atoms with Crippen LogP contribution in [0.1, 0.15) is 40.0 Å². The zero-order valence-corrected chi connectivity index (χ0v) is 13.9. The van der Waals surface area contributed by atoms with E-state index >= 15 is 0 Å². The average molecular weight is 308 g/mol. The molecule has 1 aromatic carbocycles. The number of hydrogen-bond donors (Lipinski definition) is 1. The number of fused-ring (bicyclic) bond motifs is 1. The predicted molar refractivity (Wildman–Crippen MR) is 90.0 cm³/mol. The second-order valence-electron chi connectivity index (χ2n) is 4.91. The van der Waals surface area contributed by atoms with Crippen molar-refractivity contribution in [2.45, 2.75) is 40.0 Å². The van der Waals surface area contributed by atoms with E-state index in [1.54, 1.807) is 11.3 Å². The van der Waals surface area contributed by atoms with Gasteiger partial charge in [-0.25, -0.2) is 4.98 Å².